The summed E-state index contributed by atoms with van der Waals surface area (Å²) in [7, 11) is 1.68. The van der Waals surface area contributed by atoms with Crippen LogP contribution in [-0.2, 0) is 11.3 Å². The van der Waals surface area contributed by atoms with Crippen molar-refractivity contribution in [3.8, 4) is 5.75 Å². The Morgan fingerprint density at radius 1 is 1.21 bits per heavy atom. The van der Waals surface area contributed by atoms with Crippen molar-refractivity contribution < 1.29 is 19.2 Å². The van der Waals surface area contributed by atoms with Gasteiger partial charge in [0.05, 0.1) is 24.7 Å². The summed E-state index contributed by atoms with van der Waals surface area (Å²) in [4.78, 5) is 27.3. The number of nitro benzene ring substituents is 1. The highest BCUT2D eigenvalue weighted by atomic mass is 16.6. The second-order valence-electron chi connectivity index (χ2n) is 6.80. The molecule has 3 rings (SSSR count). The molecule has 0 aromatic heterocycles. The van der Waals surface area contributed by atoms with Crippen molar-refractivity contribution in [1.82, 2.24) is 4.90 Å². The van der Waals surface area contributed by atoms with Gasteiger partial charge in [-0.05, 0) is 36.8 Å². The van der Waals surface area contributed by atoms with Crippen LogP contribution < -0.4 is 9.64 Å². The number of nitro groups is 1. The topological polar surface area (TPSA) is 85.2 Å². The molecule has 0 spiro atoms. The van der Waals surface area contributed by atoms with E-state index in [2.05, 4.69) is 4.90 Å². The fourth-order valence-electron chi connectivity index (χ4n) is 3.27. The van der Waals surface area contributed by atoms with E-state index < -0.39 is 4.92 Å². The molecule has 1 fully saturated rings. The maximum Gasteiger partial charge on any atom is 0.311 e. The summed E-state index contributed by atoms with van der Waals surface area (Å²) >= 11 is 0. The molecule has 8 heteroatoms. The van der Waals surface area contributed by atoms with Crippen LogP contribution in [0, 0.1) is 10.1 Å². The zero-order chi connectivity index (χ0) is 20.8. The van der Waals surface area contributed by atoms with Gasteiger partial charge in [0, 0.05) is 44.0 Å². The predicted octanol–water partition coefficient (Wildman–Crippen LogP) is 3.10. The molecule has 2 aromatic carbocycles. The Bertz CT molecular complexity index is 863. The Morgan fingerprint density at radius 2 is 1.90 bits per heavy atom. The van der Waals surface area contributed by atoms with Gasteiger partial charge in [-0.2, -0.15) is 0 Å². The first-order valence-electron chi connectivity index (χ1n) is 9.58. The molecule has 2 aromatic rings. The average molecular weight is 399 g/mol. The molecule has 0 saturated carbocycles. The second-order valence-corrected chi connectivity index (χ2v) is 6.80. The highest BCUT2D eigenvalue weighted by Crippen LogP contribution is 2.28. The maximum atomic E-state index is 12.7. The standard InChI is InChI=1S/C21H25N3O5/c1-3-29-20-9-6-17(14-19(20)24(26)27)21(25)22(2)15-16-4-7-18(8-5-16)23-10-12-28-13-11-23/h4-9,14H,3,10-13,15H2,1-2H3. The minimum absolute atomic E-state index is 0.162. The number of anilines is 1. The van der Waals surface area contributed by atoms with Gasteiger partial charge in [-0.1, -0.05) is 12.1 Å². The molecule has 0 radical (unpaired) electrons. The quantitative estimate of drug-likeness (QED) is 0.525. The van der Waals surface area contributed by atoms with Crippen molar-refractivity contribution in [3.05, 3.63) is 63.7 Å². The number of ether oxygens (including phenoxy) is 2. The maximum absolute atomic E-state index is 12.7. The lowest BCUT2D eigenvalue weighted by molar-refractivity contribution is -0.385. The molecule has 154 valence electrons. The minimum atomic E-state index is -0.536. The van der Waals surface area contributed by atoms with Gasteiger partial charge in [0.1, 0.15) is 0 Å². The fourth-order valence-corrected chi connectivity index (χ4v) is 3.27. The number of rotatable bonds is 7. The van der Waals surface area contributed by atoms with Crippen molar-refractivity contribution in [3.63, 3.8) is 0 Å². The van der Waals surface area contributed by atoms with Gasteiger partial charge in [0.25, 0.3) is 5.91 Å². The lowest BCUT2D eigenvalue weighted by Gasteiger charge is -2.29. The van der Waals surface area contributed by atoms with Crippen LogP contribution in [0.5, 0.6) is 5.75 Å². The van der Waals surface area contributed by atoms with Crippen LogP contribution >= 0.6 is 0 Å². The monoisotopic (exact) mass is 399 g/mol. The van der Waals surface area contributed by atoms with E-state index in [1.54, 1.807) is 24.9 Å². The zero-order valence-electron chi connectivity index (χ0n) is 16.7. The Hall–Kier alpha value is -3.13. The average Bonchev–Trinajstić information content (AvgIpc) is 2.74. The highest BCUT2D eigenvalue weighted by molar-refractivity contribution is 5.95. The fraction of sp³-hybridized carbons (Fsp3) is 0.381. The van der Waals surface area contributed by atoms with Crippen LogP contribution in [0.3, 0.4) is 0 Å². The number of benzene rings is 2. The molecule has 29 heavy (non-hydrogen) atoms. The first-order chi connectivity index (χ1) is 14.0. The number of nitrogens with zero attached hydrogens (tertiary/aromatic N) is 3. The number of carbonyl (C=O) groups excluding carboxylic acids is 1. The smallest absolute Gasteiger partial charge is 0.311 e. The van der Waals surface area contributed by atoms with Gasteiger partial charge in [0.2, 0.25) is 0 Å². The number of hydrogen-bond donors (Lipinski definition) is 0. The highest BCUT2D eigenvalue weighted by Gasteiger charge is 2.20. The molecule has 0 unspecified atom stereocenters. The first kappa shape index (κ1) is 20.6. The molecule has 8 nitrogen and oxygen atoms in total. The third-order valence-electron chi connectivity index (χ3n) is 4.78. The molecule has 0 bridgehead atoms. The third-order valence-corrected chi connectivity index (χ3v) is 4.78. The summed E-state index contributed by atoms with van der Waals surface area (Å²) < 4.78 is 10.6. The van der Waals surface area contributed by atoms with E-state index in [1.807, 2.05) is 24.3 Å². The van der Waals surface area contributed by atoms with E-state index in [-0.39, 0.29) is 22.9 Å². The van der Waals surface area contributed by atoms with Crippen molar-refractivity contribution in [2.75, 3.05) is 44.9 Å². The SMILES string of the molecule is CCOc1ccc(C(=O)N(C)Cc2ccc(N3CCOCC3)cc2)cc1[N+](=O)[O-]. The minimum Gasteiger partial charge on any atom is -0.487 e. The van der Waals surface area contributed by atoms with Crippen LogP contribution in [0.2, 0.25) is 0 Å². The van der Waals surface area contributed by atoms with Gasteiger partial charge in [-0.25, -0.2) is 0 Å². The molecule has 0 atom stereocenters. The normalized spacial score (nSPS) is 13.8. The Morgan fingerprint density at radius 3 is 2.52 bits per heavy atom. The van der Waals surface area contributed by atoms with Crippen molar-refractivity contribution >= 4 is 17.3 Å². The molecular formula is C21H25N3O5. The summed E-state index contributed by atoms with van der Waals surface area (Å²) in [6.45, 7) is 5.67. The second kappa shape index (κ2) is 9.38. The number of amides is 1. The Labute approximate surface area is 169 Å². The van der Waals surface area contributed by atoms with Crippen LogP contribution in [-0.4, -0.2) is 55.7 Å². The Kier molecular flexibility index (Phi) is 6.66. The predicted molar refractivity (Wildman–Crippen MR) is 110 cm³/mol. The summed E-state index contributed by atoms with van der Waals surface area (Å²) in [5, 5.41) is 11.3. The Balaban J connectivity index is 1.68. The van der Waals surface area contributed by atoms with E-state index in [0.717, 1.165) is 37.6 Å². The van der Waals surface area contributed by atoms with E-state index in [1.165, 1.54) is 12.1 Å². The molecule has 1 aliphatic heterocycles. The summed E-state index contributed by atoms with van der Waals surface area (Å²) in [6.07, 6.45) is 0. The summed E-state index contributed by atoms with van der Waals surface area (Å²) in [6, 6.07) is 12.4. The lowest BCUT2D eigenvalue weighted by Crippen LogP contribution is -2.36. The van der Waals surface area contributed by atoms with Crippen LogP contribution in [0.15, 0.2) is 42.5 Å². The molecule has 0 aliphatic carbocycles. The third kappa shape index (κ3) is 5.03. The number of carbonyl (C=O) groups is 1. The van der Waals surface area contributed by atoms with E-state index in [4.69, 9.17) is 9.47 Å². The molecule has 1 saturated heterocycles. The van der Waals surface area contributed by atoms with Crippen LogP contribution in [0.1, 0.15) is 22.8 Å². The van der Waals surface area contributed by atoms with Gasteiger partial charge >= 0.3 is 5.69 Å². The van der Waals surface area contributed by atoms with Crippen LogP contribution in [0.25, 0.3) is 0 Å². The first-order valence-corrected chi connectivity index (χ1v) is 9.58. The zero-order valence-corrected chi connectivity index (χ0v) is 16.7. The molecular weight excluding hydrogens is 374 g/mol. The molecule has 1 aliphatic rings. The van der Waals surface area contributed by atoms with Crippen LogP contribution in [0.4, 0.5) is 11.4 Å². The van der Waals surface area contributed by atoms with Gasteiger partial charge in [0.15, 0.2) is 5.75 Å². The van der Waals surface area contributed by atoms with Gasteiger partial charge in [-0.3, -0.25) is 14.9 Å². The largest absolute Gasteiger partial charge is 0.487 e. The van der Waals surface area contributed by atoms with E-state index in [9.17, 15) is 14.9 Å². The van der Waals surface area contributed by atoms with Gasteiger partial charge in [-0.15, -0.1) is 0 Å². The molecule has 1 amide bonds. The van der Waals surface area contributed by atoms with Crippen molar-refractivity contribution in [1.29, 1.82) is 0 Å². The van der Waals surface area contributed by atoms with Gasteiger partial charge < -0.3 is 19.3 Å². The lowest BCUT2D eigenvalue weighted by atomic mass is 10.1. The van der Waals surface area contributed by atoms with E-state index in [0.29, 0.717) is 13.2 Å². The van der Waals surface area contributed by atoms with E-state index >= 15 is 0 Å². The molecule has 1 heterocycles. The van der Waals surface area contributed by atoms with Crippen molar-refractivity contribution in [2.24, 2.45) is 0 Å². The van der Waals surface area contributed by atoms with Crippen molar-refractivity contribution in [2.45, 2.75) is 13.5 Å². The molecule has 0 N–H and O–H groups in total. The summed E-state index contributed by atoms with van der Waals surface area (Å²) in [5.74, 6) is -0.121. The summed E-state index contributed by atoms with van der Waals surface area (Å²) in [5.41, 5.74) is 2.17. The number of morpholine rings is 1. The number of hydrogen-bond acceptors (Lipinski definition) is 6.